The van der Waals surface area contributed by atoms with Crippen LogP contribution in [0.25, 0.3) is 22.6 Å². The number of anilines is 1. The molecule has 8 heteroatoms. The van der Waals surface area contributed by atoms with Gasteiger partial charge >= 0.3 is 0 Å². The van der Waals surface area contributed by atoms with Crippen LogP contribution in [0.2, 0.25) is 5.02 Å². The maximum atomic E-state index is 12.9. The number of hydrogen-bond donors (Lipinski definition) is 1. The Hall–Kier alpha value is -3.71. The largest absolute Gasteiger partial charge is 0.493 e. The van der Waals surface area contributed by atoms with E-state index in [1.165, 1.54) is 0 Å². The average Bonchev–Trinajstić information content (AvgIpc) is 3.23. The number of hydrogen-bond acceptors (Lipinski definition) is 6. The minimum Gasteiger partial charge on any atom is -0.493 e. The average molecular weight is 467 g/mol. The van der Waals surface area contributed by atoms with Gasteiger partial charge in [0.1, 0.15) is 11.3 Å². The van der Waals surface area contributed by atoms with Crippen LogP contribution >= 0.6 is 11.6 Å². The van der Waals surface area contributed by atoms with Crippen molar-refractivity contribution in [2.24, 2.45) is 0 Å². The van der Waals surface area contributed by atoms with Crippen molar-refractivity contribution in [1.29, 1.82) is 0 Å². The molecule has 0 fully saturated rings. The smallest absolute Gasteiger partial charge is 0.267 e. The fourth-order valence-corrected chi connectivity index (χ4v) is 3.35. The van der Waals surface area contributed by atoms with Gasteiger partial charge in [0.15, 0.2) is 22.7 Å². The first-order valence-corrected chi connectivity index (χ1v) is 10.6. The van der Waals surface area contributed by atoms with E-state index in [2.05, 4.69) is 10.3 Å². The van der Waals surface area contributed by atoms with Crippen LogP contribution in [0.4, 0.5) is 5.69 Å². The van der Waals surface area contributed by atoms with Gasteiger partial charge in [0.25, 0.3) is 5.91 Å². The standard InChI is InChI=1S/C25H23ClN2O5/c1-25(2,33-18-9-6-16(26)7-10-18)24(29)27-17-8-12-20-19(14-17)28-23(32-20)15-5-11-21(30-3)22(13-15)31-4/h5-14H,1-4H3,(H,27,29). The lowest BCUT2D eigenvalue weighted by atomic mass is 10.1. The molecule has 0 aliphatic rings. The van der Waals surface area contributed by atoms with Crippen molar-refractivity contribution < 1.29 is 23.4 Å². The van der Waals surface area contributed by atoms with E-state index in [0.717, 1.165) is 5.56 Å². The lowest BCUT2D eigenvalue weighted by Crippen LogP contribution is -2.42. The van der Waals surface area contributed by atoms with Crippen molar-refractivity contribution in [1.82, 2.24) is 4.98 Å². The van der Waals surface area contributed by atoms with Crippen LogP contribution in [0.15, 0.2) is 65.1 Å². The fraction of sp³-hybridized carbons (Fsp3) is 0.200. The number of nitrogens with one attached hydrogen (secondary N) is 1. The molecule has 1 N–H and O–H groups in total. The van der Waals surface area contributed by atoms with E-state index in [4.69, 9.17) is 30.2 Å². The zero-order valence-corrected chi connectivity index (χ0v) is 19.4. The number of rotatable bonds is 7. The zero-order valence-electron chi connectivity index (χ0n) is 18.6. The molecule has 33 heavy (non-hydrogen) atoms. The van der Waals surface area contributed by atoms with Crippen LogP contribution in [-0.4, -0.2) is 30.7 Å². The van der Waals surface area contributed by atoms with Gasteiger partial charge in [0, 0.05) is 16.3 Å². The molecule has 0 spiro atoms. The third-order valence-corrected chi connectivity index (χ3v) is 5.26. The highest BCUT2D eigenvalue weighted by Gasteiger charge is 2.30. The highest BCUT2D eigenvalue weighted by atomic mass is 35.5. The highest BCUT2D eigenvalue weighted by molar-refractivity contribution is 6.30. The number of ether oxygens (including phenoxy) is 3. The van der Waals surface area contributed by atoms with Gasteiger partial charge in [-0.15, -0.1) is 0 Å². The van der Waals surface area contributed by atoms with Crippen LogP contribution in [0, 0.1) is 0 Å². The summed E-state index contributed by atoms with van der Waals surface area (Å²) in [5, 5.41) is 3.48. The topological polar surface area (TPSA) is 82.8 Å². The second-order valence-corrected chi connectivity index (χ2v) is 8.23. The van der Waals surface area contributed by atoms with E-state index in [0.29, 0.717) is 44.9 Å². The van der Waals surface area contributed by atoms with Crippen molar-refractivity contribution in [2.45, 2.75) is 19.4 Å². The Morgan fingerprint density at radius 2 is 1.70 bits per heavy atom. The van der Waals surface area contributed by atoms with Gasteiger partial charge < -0.3 is 23.9 Å². The zero-order chi connectivity index (χ0) is 23.6. The molecule has 0 aliphatic heterocycles. The molecular formula is C25H23ClN2O5. The van der Waals surface area contributed by atoms with Crippen molar-refractivity contribution in [3.05, 3.63) is 65.7 Å². The summed E-state index contributed by atoms with van der Waals surface area (Å²) in [6.45, 7) is 3.39. The summed E-state index contributed by atoms with van der Waals surface area (Å²) < 4.78 is 22.4. The predicted molar refractivity (Wildman–Crippen MR) is 127 cm³/mol. The SMILES string of the molecule is COc1ccc(-c2nc3cc(NC(=O)C(C)(C)Oc4ccc(Cl)cc4)ccc3o2)cc1OC. The molecule has 1 aromatic heterocycles. The van der Waals surface area contributed by atoms with Crippen molar-refractivity contribution >= 4 is 34.3 Å². The Morgan fingerprint density at radius 3 is 2.39 bits per heavy atom. The second-order valence-electron chi connectivity index (χ2n) is 7.79. The number of nitrogens with zero attached hydrogens (tertiary/aromatic N) is 1. The van der Waals surface area contributed by atoms with E-state index < -0.39 is 5.60 Å². The monoisotopic (exact) mass is 466 g/mol. The Morgan fingerprint density at radius 1 is 0.970 bits per heavy atom. The summed E-state index contributed by atoms with van der Waals surface area (Å²) in [5.74, 6) is 1.87. The van der Waals surface area contributed by atoms with Crippen LogP contribution in [0.5, 0.6) is 17.2 Å². The first-order valence-electron chi connectivity index (χ1n) is 10.2. The molecule has 0 saturated carbocycles. The molecule has 0 unspecified atom stereocenters. The molecule has 0 bridgehead atoms. The van der Waals surface area contributed by atoms with Gasteiger partial charge in [-0.1, -0.05) is 11.6 Å². The molecule has 4 rings (SSSR count). The number of methoxy groups -OCH3 is 2. The molecule has 0 atom stereocenters. The molecular weight excluding hydrogens is 444 g/mol. The van der Waals surface area contributed by atoms with Crippen molar-refractivity contribution in [2.75, 3.05) is 19.5 Å². The number of aromatic nitrogens is 1. The van der Waals surface area contributed by atoms with E-state index in [1.807, 2.05) is 6.07 Å². The number of benzene rings is 3. The number of oxazole rings is 1. The van der Waals surface area contributed by atoms with Gasteiger partial charge in [-0.25, -0.2) is 4.98 Å². The van der Waals surface area contributed by atoms with Gasteiger partial charge in [-0.3, -0.25) is 4.79 Å². The minimum atomic E-state index is -1.11. The van der Waals surface area contributed by atoms with Crippen molar-refractivity contribution in [3.8, 4) is 28.7 Å². The fourth-order valence-electron chi connectivity index (χ4n) is 3.22. The first-order chi connectivity index (χ1) is 15.8. The summed E-state index contributed by atoms with van der Waals surface area (Å²) >= 11 is 5.91. The Bertz CT molecular complexity index is 1300. The predicted octanol–water partition coefficient (Wildman–Crippen LogP) is 5.96. The van der Waals surface area contributed by atoms with Gasteiger partial charge in [-0.05, 0) is 74.5 Å². The van der Waals surface area contributed by atoms with E-state index in [-0.39, 0.29) is 5.91 Å². The van der Waals surface area contributed by atoms with Crippen LogP contribution in [-0.2, 0) is 4.79 Å². The minimum absolute atomic E-state index is 0.305. The molecule has 0 radical (unpaired) electrons. The molecule has 1 heterocycles. The molecule has 4 aromatic rings. The highest BCUT2D eigenvalue weighted by Crippen LogP contribution is 2.33. The maximum absolute atomic E-state index is 12.9. The summed E-state index contributed by atoms with van der Waals surface area (Å²) in [4.78, 5) is 17.4. The Kier molecular flexibility index (Phi) is 6.16. The maximum Gasteiger partial charge on any atom is 0.267 e. The van der Waals surface area contributed by atoms with Crippen LogP contribution < -0.4 is 19.5 Å². The van der Waals surface area contributed by atoms with Gasteiger partial charge in [-0.2, -0.15) is 0 Å². The van der Waals surface area contributed by atoms with Crippen LogP contribution in [0.1, 0.15) is 13.8 Å². The van der Waals surface area contributed by atoms with Crippen LogP contribution in [0.3, 0.4) is 0 Å². The van der Waals surface area contributed by atoms with Crippen molar-refractivity contribution in [3.63, 3.8) is 0 Å². The third-order valence-electron chi connectivity index (χ3n) is 5.01. The second kappa shape index (κ2) is 9.03. The molecule has 1 amide bonds. The Balaban J connectivity index is 1.53. The molecule has 3 aromatic carbocycles. The summed E-state index contributed by atoms with van der Waals surface area (Å²) in [6, 6.07) is 17.5. The summed E-state index contributed by atoms with van der Waals surface area (Å²) in [6.07, 6.45) is 0. The van der Waals surface area contributed by atoms with E-state index in [1.54, 1.807) is 82.7 Å². The van der Waals surface area contributed by atoms with E-state index >= 15 is 0 Å². The molecule has 0 aliphatic carbocycles. The molecule has 0 saturated heterocycles. The summed E-state index contributed by atoms with van der Waals surface area (Å²) in [5.41, 5.74) is 1.40. The number of fused-ring (bicyclic) bond motifs is 1. The lowest BCUT2D eigenvalue weighted by molar-refractivity contribution is -0.128. The first kappa shape index (κ1) is 22.5. The lowest BCUT2D eigenvalue weighted by Gasteiger charge is -2.25. The van der Waals surface area contributed by atoms with E-state index in [9.17, 15) is 4.79 Å². The number of amides is 1. The normalized spacial score (nSPS) is 11.3. The molecule has 170 valence electrons. The quantitative estimate of drug-likeness (QED) is 0.361. The number of carbonyl (C=O) groups is 1. The van der Waals surface area contributed by atoms with Gasteiger partial charge in [0.2, 0.25) is 5.89 Å². The summed E-state index contributed by atoms with van der Waals surface area (Å²) in [7, 11) is 3.15. The van der Waals surface area contributed by atoms with Gasteiger partial charge in [0.05, 0.1) is 14.2 Å². The molecule has 7 nitrogen and oxygen atoms in total. The Labute approximate surface area is 196 Å². The number of carbonyl (C=O) groups excluding carboxylic acids is 1. The third kappa shape index (κ3) is 4.88. The number of halogens is 1.